The topological polar surface area (TPSA) is 69.2 Å². The Morgan fingerprint density at radius 2 is 1.57 bits per heavy atom. The van der Waals surface area contributed by atoms with Crippen LogP contribution in [0.25, 0.3) is 0 Å². The lowest BCUT2D eigenvalue weighted by molar-refractivity contribution is -0.671. The molecule has 0 amide bonds. The van der Waals surface area contributed by atoms with Gasteiger partial charge in [0.25, 0.3) is 0 Å². The first-order valence-corrected chi connectivity index (χ1v) is 10.5. The van der Waals surface area contributed by atoms with Gasteiger partial charge in [-0.05, 0) is 18.9 Å². The van der Waals surface area contributed by atoms with E-state index < -0.39 is 11.7 Å². The van der Waals surface area contributed by atoms with Crippen molar-refractivity contribution in [3.63, 3.8) is 0 Å². The van der Waals surface area contributed by atoms with Crippen molar-refractivity contribution in [3.05, 3.63) is 48.5 Å². The zero-order chi connectivity index (χ0) is 20.6. The molecule has 0 aliphatic rings. The quantitative estimate of drug-likeness (QED) is 0.423. The Morgan fingerprint density at radius 3 is 2.04 bits per heavy atom. The number of carboxylic acid groups (broad SMARTS) is 1. The van der Waals surface area contributed by atoms with Crippen molar-refractivity contribution in [2.24, 2.45) is 7.05 Å². The molecule has 0 aliphatic carbocycles. The molecule has 2 aromatic rings. The van der Waals surface area contributed by atoms with Crippen LogP contribution in [-0.4, -0.2) is 15.6 Å². The van der Waals surface area contributed by atoms with E-state index in [9.17, 15) is 9.90 Å². The smallest absolute Gasteiger partial charge is 0.335 e. The first-order chi connectivity index (χ1) is 13.5. The number of rotatable bonds is 12. The average molecular weight is 389 g/mol. The molecule has 1 aromatic carbocycles. The zero-order valence-corrected chi connectivity index (χ0v) is 17.5. The van der Waals surface area contributed by atoms with Gasteiger partial charge in [-0.15, -0.1) is 0 Å². The fraction of sp³-hybridized carbons (Fsp3) is 0.565. The molecule has 156 valence electrons. The number of carbonyl (C=O) groups is 1. The molecule has 2 rings (SSSR count). The van der Waals surface area contributed by atoms with Crippen LogP contribution in [0.1, 0.15) is 81.5 Å². The van der Waals surface area contributed by atoms with E-state index in [1.54, 1.807) is 0 Å². The van der Waals surface area contributed by atoms with Crippen molar-refractivity contribution >= 4 is 5.97 Å². The molecule has 1 heterocycles. The van der Waals surface area contributed by atoms with Gasteiger partial charge in [0.15, 0.2) is 0 Å². The Balaban J connectivity index is 0.000000330. The van der Waals surface area contributed by atoms with Crippen molar-refractivity contribution in [1.82, 2.24) is 4.57 Å². The highest BCUT2D eigenvalue weighted by Gasteiger charge is 2.00. The molecule has 0 aliphatic heterocycles. The number of hydrogen-bond donors (Lipinski definition) is 1. The summed E-state index contributed by atoms with van der Waals surface area (Å²) < 4.78 is 4.39. The minimum Gasteiger partial charge on any atom is -0.872 e. The van der Waals surface area contributed by atoms with Crippen LogP contribution in [0.4, 0.5) is 0 Å². The van der Waals surface area contributed by atoms with Gasteiger partial charge in [0, 0.05) is 0 Å². The van der Waals surface area contributed by atoms with Crippen molar-refractivity contribution in [1.29, 1.82) is 0 Å². The summed E-state index contributed by atoms with van der Waals surface area (Å²) in [5.41, 5.74) is -0.178. The molecule has 1 aromatic heterocycles. The Labute approximate surface area is 169 Å². The van der Waals surface area contributed by atoms with Crippen molar-refractivity contribution < 1.29 is 19.6 Å². The van der Waals surface area contributed by atoms with Gasteiger partial charge < -0.3 is 10.2 Å². The minimum atomic E-state index is -1.18. The Hall–Kier alpha value is -2.30. The third-order valence-electron chi connectivity index (χ3n) is 4.71. The molecule has 1 N–H and O–H groups in total. The van der Waals surface area contributed by atoms with E-state index >= 15 is 0 Å². The number of imidazole rings is 1. The van der Waals surface area contributed by atoms with Gasteiger partial charge in [0.1, 0.15) is 12.4 Å². The molecule has 0 atom stereocenters. The maximum Gasteiger partial charge on any atom is 0.335 e. The second-order valence-corrected chi connectivity index (χ2v) is 7.30. The summed E-state index contributed by atoms with van der Waals surface area (Å²) in [4.78, 5) is 10.2. The summed E-state index contributed by atoms with van der Waals surface area (Å²) >= 11 is 0. The van der Waals surface area contributed by atoms with Gasteiger partial charge in [-0.25, -0.2) is 13.9 Å². The van der Waals surface area contributed by atoms with E-state index in [0.717, 1.165) is 0 Å². The SMILES string of the molecule is CCCCCCCCCCCCn1cc[n+](C)c1.O=C(O)c1ccccc1[O-]. The molecule has 0 spiro atoms. The number of unbranched alkanes of at least 4 members (excludes halogenated alkanes) is 9. The van der Waals surface area contributed by atoms with E-state index in [0.29, 0.717) is 0 Å². The molecule has 28 heavy (non-hydrogen) atoms. The molecule has 0 unspecified atom stereocenters. The minimum absolute atomic E-state index is 0.178. The molecular formula is C23H36N2O3. The highest BCUT2D eigenvalue weighted by molar-refractivity contribution is 5.90. The second-order valence-electron chi connectivity index (χ2n) is 7.30. The average Bonchev–Trinajstić information content (AvgIpc) is 3.09. The van der Waals surface area contributed by atoms with Gasteiger partial charge in [-0.2, -0.15) is 0 Å². The predicted molar refractivity (Wildman–Crippen MR) is 110 cm³/mol. The standard InChI is InChI=1S/C16H31N2.C7H6O3/c1-3-4-5-6-7-8-9-10-11-12-13-18-15-14-17(2)16-18;8-6-4-2-1-3-5(6)7(9)10/h14-16H,3-13H2,1-2H3;1-4,8H,(H,9,10)/q+1;/p-1. The van der Waals surface area contributed by atoms with E-state index in [4.69, 9.17) is 5.11 Å². The Kier molecular flexibility index (Phi) is 12.5. The van der Waals surface area contributed by atoms with Gasteiger partial charge in [0.2, 0.25) is 6.33 Å². The van der Waals surface area contributed by atoms with Crippen molar-refractivity contribution in [2.45, 2.75) is 77.7 Å². The van der Waals surface area contributed by atoms with Gasteiger partial charge in [-0.1, -0.05) is 82.2 Å². The first kappa shape index (κ1) is 23.7. The number of hydrogen-bond acceptors (Lipinski definition) is 2. The predicted octanol–water partition coefficient (Wildman–Crippen LogP) is 4.69. The van der Waals surface area contributed by atoms with Crippen LogP contribution < -0.4 is 9.67 Å². The summed E-state index contributed by atoms with van der Waals surface area (Å²) in [5.74, 6) is -1.62. The van der Waals surface area contributed by atoms with Crippen LogP contribution in [0.3, 0.4) is 0 Å². The number of carboxylic acids is 1. The van der Waals surface area contributed by atoms with Crippen LogP contribution in [-0.2, 0) is 13.6 Å². The van der Waals surface area contributed by atoms with Gasteiger partial charge in [0.05, 0.1) is 19.2 Å². The molecule has 0 fully saturated rings. The Morgan fingerprint density at radius 1 is 1.00 bits per heavy atom. The van der Waals surface area contributed by atoms with Crippen LogP contribution in [0.2, 0.25) is 0 Å². The van der Waals surface area contributed by atoms with E-state index in [2.05, 4.69) is 41.8 Å². The number of para-hydroxylation sites is 1. The number of aryl methyl sites for hydroxylation is 2. The van der Waals surface area contributed by atoms with Crippen LogP contribution in [0.15, 0.2) is 43.0 Å². The highest BCUT2D eigenvalue weighted by atomic mass is 16.4. The molecular weight excluding hydrogens is 352 g/mol. The summed E-state index contributed by atoms with van der Waals surface area (Å²) in [5, 5.41) is 19.0. The third-order valence-corrected chi connectivity index (χ3v) is 4.71. The van der Waals surface area contributed by atoms with E-state index in [-0.39, 0.29) is 5.56 Å². The molecule has 0 bridgehead atoms. The third kappa shape index (κ3) is 10.8. The van der Waals surface area contributed by atoms with Crippen LogP contribution in [0.5, 0.6) is 5.75 Å². The summed E-state index contributed by atoms with van der Waals surface area (Å²) in [6.45, 7) is 3.46. The van der Waals surface area contributed by atoms with E-state index in [1.807, 2.05) is 0 Å². The fourth-order valence-electron chi connectivity index (χ4n) is 3.06. The number of aromatic nitrogens is 2. The lowest BCUT2D eigenvalue weighted by atomic mass is 10.1. The molecule has 5 heteroatoms. The van der Waals surface area contributed by atoms with E-state index in [1.165, 1.54) is 95.0 Å². The number of nitrogens with zero attached hydrogens (tertiary/aromatic N) is 2. The molecule has 0 saturated heterocycles. The maximum absolute atomic E-state index is 10.7. The molecule has 0 radical (unpaired) electrons. The number of benzene rings is 1. The van der Waals surface area contributed by atoms with Gasteiger partial charge >= 0.3 is 5.97 Å². The van der Waals surface area contributed by atoms with Crippen LogP contribution >= 0.6 is 0 Å². The number of aromatic carboxylic acids is 1. The Bertz CT molecular complexity index is 667. The lowest BCUT2D eigenvalue weighted by Gasteiger charge is -2.07. The fourth-order valence-corrected chi connectivity index (χ4v) is 3.06. The lowest BCUT2D eigenvalue weighted by Crippen LogP contribution is -2.23. The molecule has 5 nitrogen and oxygen atoms in total. The molecule has 0 saturated carbocycles. The zero-order valence-electron chi connectivity index (χ0n) is 17.5. The monoisotopic (exact) mass is 388 g/mol. The van der Waals surface area contributed by atoms with Gasteiger partial charge in [-0.3, -0.25) is 0 Å². The summed E-state index contributed by atoms with van der Waals surface area (Å²) in [7, 11) is 2.08. The highest BCUT2D eigenvalue weighted by Crippen LogP contribution is 2.11. The second kappa shape index (κ2) is 14.7. The first-order valence-electron chi connectivity index (χ1n) is 10.5. The summed E-state index contributed by atoms with van der Waals surface area (Å²) in [6, 6.07) is 5.54. The van der Waals surface area contributed by atoms with Crippen LogP contribution in [0, 0.1) is 0 Å². The normalized spacial score (nSPS) is 10.4. The van der Waals surface area contributed by atoms with Crippen molar-refractivity contribution in [2.75, 3.05) is 0 Å². The maximum atomic E-state index is 10.7. The van der Waals surface area contributed by atoms with Crippen molar-refractivity contribution in [3.8, 4) is 5.75 Å². The summed E-state index contributed by atoms with van der Waals surface area (Å²) in [6.07, 6.45) is 20.6. The largest absolute Gasteiger partial charge is 0.872 e.